The van der Waals surface area contributed by atoms with Crippen molar-refractivity contribution in [3.63, 3.8) is 0 Å². The summed E-state index contributed by atoms with van der Waals surface area (Å²) < 4.78 is 0. The van der Waals surface area contributed by atoms with Crippen LogP contribution in [0.25, 0.3) is 0 Å². The van der Waals surface area contributed by atoms with Gasteiger partial charge in [-0.2, -0.15) is 0 Å². The molecule has 0 saturated carbocycles. The van der Waals surface area contributed by atoms with Crippen molar-refractivity contribution < 1.29 is 0 Å². The topological polar surface area (TPSA) is 6.48 Å². The zero-order valence-electron chi connectivity index (χ0n) is 28.3. The number of hydrogen-bond acceptors (Lipinski definition) is 2. The maximum Gasteiger partial charge on any atom is 0.101 e. The minimum absolute atomic E-state index is 0.641. The summed E-state index contributed by atoms with van der Waals surface area (Å²) in [5.74, 6) is 0. The molecule has 1 aliphatic heterocycles. The fourth-order valence-electron chi connectivity index (χ4n) is 6.54. The van der Waals surface area contributed by atoms with E-state index in [1.165, 1.54) is 206 Å². The summed E-state index contributed by atoms with van der Waals surface area (Å²) in [4.78, 5) is 5.41. The molecule has 2 nitrogen and oxygen atoms in total. The number of rotatable bonds is 32. The Morgan fingerprint density at radius 1 is 0.325 bits per heavy atom. The van der Waals surface area contributed by atoms with E-state index < -0.39 is 0 Å². The average Bonchev–Trinajstić information content (AvgIpc) is 3.35. The Kier molecular flexibility index (Phi) is 27.9. The largest absolute Gasteiger partial charge is 0.356 e. The fraction of sp³-hybridized carbons (Fsp3) is 0.947. The standard InChI is InChI=1S/C38H76N2/c1-4-7-10-13-16-17-18-19-20-21-22-23-26-29-32-35-40-37-36-39(34-31-28-25-15-12-9-6-3)38(40)33-30-27-24-14-11-8-5-2/h36-38H,4-35H2,1-3H3. The van der Waals surface area contributed by atoms with Gasteiger partial charge in [0.05, 0.1) is 0 Å². The Hall–Kier alpha value is -0.660. The van der Waals surface area contributed by atoms with Gasteiger partial charge in [-0.25, -0.2) is 0 Å². The molecule has 1 aliphatic rings. The fourth-order valence-corrected chi connectivity index (χ4v) is 6.54. The lowest BCUT2D eigenvalue weighted by molar-refractivity contribution is 0.135. The molecule has 0 aromatic rings. The second kappa shape index (κ2) is 29.8. The highest BCUT2D eigenvalue weighted by atomic mass is 15.4. The molecule has 1 unspecified atom stereocenters. The van der Waals surface area contributed by atoms with Crippen LogP contribution in [0.2, 0.25) is 0 Å². The van der Waals surface area contributed by atoms with Gasteiger partial charge < -0.3 is 9.80 Å². The van der Waals surface area contributed by atoms with Crippen LogP contribution in [0, 0.1) is 0 Å². The third-order valence-corrected chi connectivity index (χ3v) is 9.32. The maximum absolute atomic E-state index is 2.71. The van der Waals surface area contributed by atoms with Gasteiger partial charge in [0, 0.05) is 25.5 Å². The molecule has 1 heterocycles. The van der Waals surface area contributed by atoms with Gasteiger partial charge in [0.25, 0.3) is 0 Å². The highest BCUT2D eigenvalue weighted by Crippen LogP contribution is 2.24. The van der Waals surface area contributed by atoms with Gasteiger partial charge in [-0.05, 0) is 25.7 Å². The normalized spacial score (nSPS) is 15.1. The number of hydrogen-bond donors (Lipinski definition) is 0. The van der Waals surface area contributed by atoms with Crippen molar-refractivity contribution >= 4 is 0 Å². The lowest BCUT2D eigenvalue weighted by Crippen LogP contribution is -2.39. The summed E-state index contributed by atoms with van der Waals surface area (Å²) in [7, 11) is 0. The van der Waals surface area contributed by atoms with Crippen LogP contribution in [0.3, 0.4) is 0 Å². The van der Waals surface area contributed by atoms with E-state index in [1.54, 1.807) is 0 Å². The summed E-state index contributed by atoms with van der Waals surface area (Å²) in [6.07, 6.45) is 48.4. The summed E-state index contributed by atoms with van der Waals surface area (Å²) in [5, 5.41) is 0. The van der Waals surface area contributed by atoms with Crippen LogP contribution in [0.15, 0.2) is 12.4 Å². The predicted octanol–water partition coefficient (Wildman–Crippen LogP) is 13.2. The third kappa shape index (κ3) is 22.0. The molecule has 1 atom stereocenters. The second-order valence-corrected chi connectivity index (χ2v) is 13.2. The monoisotopic (exact) mass is 561 g/mol. The van der Waals surface area contributed by atoms with E-state index in [2.05, 4.69) is 43.0 Å². The Bertz CT molecular complexity index is 516. The van der Waals surface area contributed by atoms with Crippen molar-refractivity contribution in [1.82, 2.24) is 9.80 Å². The lowest BCUT2D eigenvalue weighted by Gasteiger charge is -2.33. The van der Waals surface area contributed by atoms with Crippen molar-refractivity contribution in [3.8, 4) is 0 Å². The molecule has 0 saturated heterocycles. The average molecular weight is 561 g/mol. The van der Waals surface area contributed by atoms with E-state index in [1.807, 2.05) is 0 Å². The van der Waals surface area contributed by atoms with Gasteiger partial charge in [-0.1, -0.05) is 188 Å². The highest BCUT2D eigenvalue weighted by Gasteiger charge is 2.24. The van der Waals surface area contributed by atoms with Crippen LogP contribution in [-0.2, 0) is 0 Å². The summed E-state index contributed by atoms with van der Waals surface area (Å²) >= 11 is 0. The van der Waals surface area contributed by atoms with Gasteiger partial charge in [0.1, 0.15) is 6.17 Å². The Balaban J connectivity index is 2.15. The Labute approximate surface area is 254 Å². The molecule has 2 heteroatoms. The molecule has 0 bridgehead atoms. The summed E-state index contributed by atoms with van der Waals surface area (Å²) in [6.45, 7) is 9.48. The molecule has 0 aromatic carbocycles. The highest BCUT2D eigenvalue weighted by molar-refractivity contribution is 4.97. The predicted molar refractivity (Wildman–Crippen MR) is 182 cm³/mol. The second-order valence-electron chi connectivity index (χ2n) is 13.2. The van der Waals surface area contributed by atoms with Crippen molar-refractivity contribution in [2.45, 2.75) is 220 Å². The number of unbranched alkanes of at least 4 members (excludes halogenated alkanes) is 26. The van der Waals surface area contributed by atoms with Gasteiger partial charge in [0.2, 0.25) is 0 Å². The lowest BCUT2D eigenvalue weighted by atomic mass is 10.0. The first-order valence-corrected chi connectivity index (χ1v) is 19.0. The van der Waals surface area contributed by atoms with Gasteiger partial charge in [-0.3, -0.25) is 0 Å². The zero-order chi connectivity index (χ0) is 28.8. The SMILES string of the molecule is CCCCCCCCCCCCCCCCCN1C=CN(CCCCCCCCC)C1CCCCCCCCC. The van der Waals surface area contributed by atoms with Gasteiger partial charge >= 0.3 is 0 Å². The molecule has 0 fully saturated rings. The maximum atomic E-state index is 2.71. The van der Waals surface area contributed by atoms with E-state index in [4.69, 9.17) is 0 Å². The van der Waals surface area contributed by atoms with Crippen molar-refractivity contribution in [1.29, 1.82) is 0 Å². The molecule has 0 aliphatic carbocycles. The van der Waals surface area contributed by atoms with Crippen LogP contribution >= 0.6 is 0 Å². The third-order valence-electron chi connectivity index (χ3n) is 9.32. The first-order valence-electron chi connectivity index (χ1n) is 19.0. The molecule has 0 N–H and O–H groups in total. The van der Waals surface area contributed by atoms with E-state index in [0.717, 1.165) is 0 Å². The molecule has 0 spiro atoms. The molecule has 0 radical (unpaired) electrons. The molecule has 1 rings (SSSR count). The first kappa shape index (κ1) is 37.4. The van der Waals surface area contributed by atoms with E-state index in [9.17, 15) is 0 Å². The summed E-state index contributed by atoms with van der Waals surface area (Å²) in [5.41, 5.74) is 0. The zero-order valence-corrected chi connectivity index (χ0v) is 28.3. The van der Waals surface area contributed by atoms with Crippen LogP contribution < -0.4 is 0 Å². The number of nitrogens with zero attached hydrogens (tertiary/aromatic N) is 2. The van der Waals surface area contributed by atoms with Crippen LogP contribution in [0.5, 0.6) is 0 Å². The van der Waals surface area contributed by atoms with Crippen LogP contribution in [0.1, 0.15) is 213 Å². The quantitative estimate of drug-likeness (QED) is 0.0755. The van der Waals surface area contributed by atoms with Crippen molar-refractivity contribution in [3.05, 3.63) is 12.4 Å². The molecular formula is C38H76N2. The van der Waals surface area contributed by atoms with E-state index in [0.29, 0.717) is 6.17 Å². The smallest absolute Gasteiger partial charge is 0.101 e. The van der Waals surface area contributed by atoms with Crippen LogP contribution in [0.4, 0.5) is 0 Å². The summed E-state index contributed by atoms with van der Waals surface area (Å²) in [6, 6.07) is 0. The molecule has 40 heavy (non-hydrogen) atoms. The van der Waals surface area contributed by atoms with Gasteiger partial charge in [-0.15, -0.1) is 0 Å². The Morgan fingerprint density at radius 2 is 0.575 bits per heavy atom. The van der Waals surface area contributed by atoms with Crippen molar-refractivity contribution in [2.75, 3.05) is 13.1 Å². The van der Waals surface area contributed by atoms with Gasteiger partial charge in [0.15, 0.2) is 0 Å². The van der Waals surface area contributed by atoms with E-state index in [-0.39, 0.29) is 0 Å². The Morgan fingerprint density at radius 3 is 0.875 bits per heavy atom. The van der Waals surface area contributed by atoms with E-state index >= 15 is 0 Å². The molecule has 238 valence electrons. The first-order chi connectivity index (χ1) is 19.8. The molecule has 0 amide bonds. The molecule has 0 aromatic heterocycles. The van der Waals surface area contributed by atoms with Crippen LogP contribution in [-0.4, -0.2) is 29.1 Å². The minimum Gasteiger partial charge on any atom is -0.356 e. The molecular weight excluding hydrogens is 484 g/mol. The minimum atomic E-state index is 0.641. The van der Waals surface area contributed by atoms with Crippen molar-refractivity contribution in [2.24, 2.45) is 0 Å².